The summed E-state index contributed by atoms with van der Waals surface area (Å²) in [4.78, 5) is 224. The van der Waals surface area contributed by atoms with Gasteiger partial charge in [0.05, 0.1) is 36.6 Å². The summed E-state index contributed by atoms with van der Waals surface area (Å²) >= 11 is 3.76. The van der Waals surface area contributed by atoms with E-state index in [0.717, 1.165) is 16.7 Å². The second-order valence-corrected chi connectivity index (χ2v) is 32.9. The highest BCUT2D eigenvalue weighted by Crippen LogP contribution is 2.28. The third kappa shape index (κ3) is 31.2. The average Bonchev–Trinajstić information content (AvgIpc) is 1.62. The van der Waals surface area contributed by atoms with E-state index in [0.29, 0.717) is 40.8 Å². The van der Waals surface area contributed by atoms with Gasteiger partial charge in [-0.25, -0.2) is 4.98 Å². The number of nitrogens with zero attached hydrogens (tertiary/aromatic N) is 4. The van der Waals surface area contributed by atoms with Crippen LogP contribution in [-0.4, -0.2) is 297 Å². The molecule has 666 valence electrons. The summed E-state index contributed by atoms with van der Waals surface area (Å²) in [6, 6.07) is 3.39. The fourth-order valence-corrected chi connectivity index (χ4v) is 16.6. The van der Waals surface area contributed by atoms with Crippen LogP contribution < -0.4 is 70.0 Å². The van der Waals surface area contributed by atoms with Gasteiger partial charge in [0.15, 0.2) is 12.2 Å². The van der Waals surface area contributed by atoms with Crippen LogP contribution in [-0.2, 0) is 103 Å². The number of nitrogens with two attached hydrogens (primary N) is 2. The van der Waals surface area contributed by atoms with E-state index in [-0.39, 0.29) is 93.3 Å². The minimum atomic E-state index is -2.11. The summed E-state index contributed by atoms with van der Waals surface area (Å²) in [6.45, 7) is 2.57. The van der Waals surface area contributed by atoms with Gasteiger partial charge in [0.2, 0.25) is 76.8 Å². The van der Waals surface area contributed by atoms with Gasteiger partial charge >= 0.3 is 11.9 Å². The van der Waals surface area contributed by atoms with E-state index in [2.05, 4.69) is 68.5 Å². The molecule has 3 aliphatic rings. The van der Waals surface area contributed by atoms with Crippen LogP contribution in [0.1, 0.15) is 112 Å². The Morgan fingerprint density at radius 3 is 1.90 bits per heavy atom. The number of rotatable bonds is 35. The smallest absolute Gasteiger partial charge is 0.305 e. The first-order valence-corrected chi connectivity index (χ1v) is 43.5. The van der Waals surface area contributed by atoms with E-state index in [1.54, 1.807) is 78.9 Å². The SMILES string of the molecule is CSCC[C@H](NC(C)=O)C(=O)N[C@H]1CSCc2cccc(c2)CSC[C@@H](C(=O)N[C@@H](CC(=O)O)C(=O)N[C@@H](Cc2c[nH]cn2)C(=O)N(C)[C@@H](Cc2ccccc2)C(=O)N[C@@H](CCCNC(=N)N)C(=O)N[C@@H](CC(O)O)C(N)=O)NC(=O)[C@H](Cc2ccccc2)NC(O)[C@H](CCC(=O)O)NC(=O)[C@H]([C@@H](C)O)NC(=O)[C@@H]2CCCN2C(=O)[C@@H]2CCCN2C1=O. The number of aliphatic hydroxyl groups excluding tert-OH is 3. The lowest BCUT2D eigenvalue weighted by molar-refractivity contribution is -0.148. The van der Waals surface area contributed by atoms with Gasteiger partial charge < -0.3 is 115 Å². The van der Waals surface area contributed by atoms with Gasteiger partial charge in [-0.3, -0.25) is 82.6 Å². The summed E-state index contributed by atoms with van der Waals surface area (Å²) < 4.78 is 0. The van der Waals surface area contributed by atoms with E-state index in [1.807, 2.05) is 12.3 Å². The number of aromatic nitrogens is 2. The lowest BCUT2D eigenvalue weighted by Crippen LogP contribution is -2.63. The number of aliphatic carboxylic acids is 2. The zero-order chi connectivity index (χ0) is 89.3. The van der Waals surface area contributed by atoms with Crippen molar-refractivity contribution in [2.75, 3.05) is 50.2 Å². The van der Waals surface area contributed by atoms with Gasteiger partial charge in [0, 0.05) is 88.5 Å². The Morgan fingerprint density at radius 2 is 1.30 bits per heavy atom. The quantitative estimate of drug-likeness (QED) is 0.00904. The molecule has 2 bridgehead atoms. The predicted octanol–water partition coefficient (Wildman–Crippen LogP) is -3.99. The fraction of sp³-hybridized carbons (Fsp3) is 0.532. The summed E-state index contributed by atoms with van der Waals surface area (Å²) in [6.07, 6.45) is -4.63. The number of carboxylic acid groups (broad SMARTS) is 2. The van der Waals surface area contributed by atoms with Crippen molar-refractivity contribution in [3.63, 3.8) is 0 Å². The Hall–Kier alpha value is -11.0. The molecule has 0 spiro atoms. The molecule has 1 aromatic heterocycles. The number of carbonyl (C=O) groups excluding carboxylic acids is 13. The number of hydrogen-bond donors (Lipinski definition) is 21. The standard InChI is InChI=1S/C79H111N19O21S3/c1-43(99)65-75(116)88-51(24-25-62(101)102)68(109)90-54(32-45-15-7-5-8-16-45)70(111)93-57(40-121-38-47-19-11-20-48(31-47)39-122-41-58(94-69(110)52(26-30-120-4)86-44(2)100)77(118)98-29-14-23-60(98)78(119)97-28-13-22-59(97)73(114)95-65)72(113)91-55(36-64(105)106)71(112)92-56(34-49-37-83-42-85-49)76(117)96(3)61(33-46-17-9-6-10-18-46)74(115)87-50(21-12-27-84-79(81)82)67(108)89-53(66(80)107)35-63(103)104/h5-11,15-20,31,37,42-43,50-61,63,65,68,90,99,103-104,109H,12-14,21-30,32-36,38-41H2,1-4H3,(H2,80,107)(H,83,85)(H,86,100)(H,87,115)(H,88,116)(H,89,108)(H,91,113)(H,92,112)(H,93,111)(H,94,110)(H,95,114)(H,101,102)(H,105,106)(H4,81,82,84)/t43-,50+,51+,52+,53+,54+,55+,56+,57+,58+,59+,60+,61+,65+,68?/m1/s1. The average molecular weight is 1760 g/mol. The minimum absolute atomic E-state index is 0.00669. The molecule has 15 atom stereocenters. The molecule has 4 aromatic rings. The molecule has 1 unspecified atom stereocenters. The zero-order valence-corrected chi connectivity index (χ0v) is 70.5. The predicted molar refractivity (Wildman–Crippen MR) is 448 cm³/mol. The first-order valence-electron chi connectivity index (χ1n) is 39.8. The number of H-pyrrole nitrogens is 1. The van der Waals surface area contributed by atoms with Crippen LogP contribution in [0, 0.1) is 5.41 Å². The topological polar surface area (TPSA) is 624 Å². The van der Waals surface area contributed by atoms with Crippen molar-refractivity contribution in [2.45, 2.75) is 212 Å². The number of imidazole rings is 1. The van der Waals surface area contributed by atoms with Crippen LogP contribution >= 0.6 is 35.3 Å². The maximum Gasteiger partial charge on any atom is 0.305 e. The maximum absolute atomic E-state index is 15.3. The van der Waals surface area contributed by atoms with Crippen LogP contribution in [0.15, 0.2) is 97.5 Å². The molecule has 23 N–H and O–H groups in total. The molecule has 2 saturated heterocycles. The molecule has 2 fully saturated rings. The number of nitrogens with one attached hydrogen (secondary N) is 13. The van der Waals surface area contributed by atoms with Crippen LogP contribution in [0.3, 0.4) is 0 Å². The summed E-state index contributed by atoms with van der Waals surface area (Å²) in [7, 11) is 1.21. The van der Waals surface area contributed by atoms with Gasteiger partial charge in [-0.1, -0.05) is 84.9 Å². The van der Waals surface area contributed by atoms with Gasteiger partial charge in [-0.15, -0.1) is 0 Å². The molecule has 43 heteroatoms. The number of aliphatic hydroxyl groups is 4. The number of thioether (sulfide) groups is 3. The Balaban J connectivity index is 1.26. The number of likely N-dealkylation sites (N-methyl/N-ethyl adjacent to an activating group) is 1. The largest absolute Gasteiger partial charge is 0.481 e. The van der Waals surface area contributed by atoms with E-state index in [4.69, 9.17) is 16.9 Å². The maximum atomic E-state index is 15.3. The highest BCUT2D eigenvalue weighted by atomic mass is 32.2. The fourth-order valence-electron chi connectivity index (χ4n) is 14.1. The molecule has 0 aliphatic carbocycles. The van der Waals surface area contributed by atoms with Gasteiger partial charge in [0.1, 0.15) is 72.7 Å². The van der Waals surface area contributed by atoms with Crippen molar-refractivity contribution in [3.8, 4) is 0 Å². The van der Waals surface area contributed by atoms with Gasteiger partial charge in [-0.2, -0.15) is 35.3 Å². The van der Waals surface area contributed by atoms with E-state index < -0.39 is 224 Å². The number of amides is 13. The Labute approximate surface area is 716 Å². The normalized spacial score (nSPS) is 21.4. The van der Waals surface area contributed by atoms with Crippen LogP contribution in [0.2, 0.25) is 0 Å². The van der Waals surface area contributed by atoms with Gasteiger partial charge in [-0.05, 0) is 99.0 Å². The van der Waals surface area contributed by atoms with Gasteiger partial charge in [0.25, 0.3) is 0 Å². The molecule has 0 radical (unpaired) electrons. The van der Waals surface area contributed by atoms with Crippen molar-refractivity contribution in [1.29, 1.82) is 5.41 Å². The molecule has 7 rings (SSSR count). The van der Waals surface area contributed by atoms with Crippen molar-refractivity contribution in [3.05, 3.63) is 125 Å². The van der Waals surface area contributed by atoms with Crippen LogP contribution in [0.5, 0.6) is 0 Å². The van der Waals surface area contributed by atoms with E-state index in [9.17, 15) is 78.6 Å². The Kier molecular flexibility index (Phi) is 39.6. The second kappa shape index (κ2) is 49.2. The Bertz CT molecular complexity index is 4260. The number of hydrogen-bond acceptors (Lipinski definition) is 25. The molecule has 0 saturated carbocycles. The molecular formula is C79H111N19O21S3. The lowest BCUT2D eigenvalue weighted by atomic mass is 10.0. The number of benzene rings is 3. The number of carboxylic acids is 2. The molecule has 3 aliphatic heterocycles. The third-order valence-electron chi connectivity index (χ3n) is 20.4. The van der Waals surface area contributed by atoms with Crippen LogP contribution in [0.4, 0.5) is 0 Å². The van der Waals surface area contributed by atoms with Crippen molar-refractivity contribution in [2.24, 2.45) is 11.5 Å². The monoisotopic (exact) mass is 1760 g/mol. The lowest BCUT2D eigenvalue weighted by Gasteiger charge is -2.34. The first kappa shape index (κ1) is 98.2. The van der Waals surface area contributed by atoms with Crippen LogP contribution in [0.25, 0.3) is 0 Å². The molecule has 3 aromatic carbocycles. The summed E-state index contributed by atoms with van der Waals surface area (Å²) in [5, 5.41) is 99.5. The molecule has 122 heavy (non-hydrogen) atoms. The summed E-state index contributed by atoms with van der Waals surface area (Å²) in [5.74, 6) is -15.2. The number of aromatic amines is 1. The molecule has 13 amide bonds. The first-order chi connectivity index (χ1) is 58.1. The third-order valence-corrected chi connectivity index (χ3v) is 23.3. The van der Waals surface area contributed by atoms with Crippen molar-refractivity contribution < 1.29 is 103 Å². The second-order valence-electron chi connectivity index (χ2n) is 29.9. The summed E-state index contributed by atoms with van der Waals surface area (Å²) in [5.41, 5.74) is 13.4. The number of guanidine groups is 1. The minimum Gasteiger partial charge on any atom is -0.481 e. The Morgan fingerprint density at radius 1 is 0.689 bits per heavy atom. The zero-order valence-electron chi connectivity index (χ0n) is 68.0. The van der Waals surface area contributed by atoms with Crippen molar-refractivity contribution in [1.82, 2.24) is 83.2 Å². The highest BCUT2D eigenvalue weighted by Gasteiger charge is 2.46. The highest BCUT2D eigenvalue weighted by molar-refractivity contribution is 7.99. The van der Waals surface area contributed by atoms with E-state index in [1.165, 1.54) is 66.7 Å². The van der Waals surface area contributed by atoms with Crippen molar-refractivity contribution >= 4 is 130 Å². The molecule has 40 nitrogen and oxygen atoms in total. The number of primary amides is 1. The van der Waals surface area contributed by atoms with E-state index >= 15 is 24.0 Å². The molecule has 4 heterocycles. The number of carbonyl (C=O) groups is 15. The number of fused-ring (bicyclic) bond motifs is 4. The molecular weight excluding hydrogens is 1650 g/mol.